The number of pyridine rings is 1. The zero-order chi connectivity index (χ0) is 19.3. The van der Waals surface area contributed by atoms with E-state index in [1.165, 1.54) is 6.07 Å². The second-order valence-electron chi connectivity index (χ2n) is 6.77. The molecule has 0 saturated carbocycles. The minimum Gasteiger partial charge on any atom is -0.328 e. The van der Waals surface area contributed by atoms with Gasteiger partial charge in [0.2, 0.25) is 0 Å². The number of fused-ring (bicyclic) bond motifs is 2. The Morgan fingerprint density at radius 2 is 1.93 bits per heavy atom. The Kier molecular flexibility index (Phi) is 4.12. The molecule has 0 bridgehead atoms. The highest BCUT2D eigenvalue weighted by molar-refractivity contribution is 14.1. The summed E-state index contributed by atoms with van der Waals surface area (Å²) in [6.07, 6.45) is 3.53. The van der Waals surface area contributed by atoms with Crippen LogP contribution in [0.25, 0.3) is 22.0 Å². The van der Waals surface area contributed by atoms with E-state index >= 15 is 0 Å². The Balaban J connectivity index is 1.41. The number of nitrogens with zero attached hydrogens (tertiary/aromatic N) is 4. The molecular formula is C21H14FIN4O. The van der Waals surface area contributed by atoms with Crippen LogP contribution >= 0.6 is 22.9 Å². The van der Waals surface area contributed by atoms with Gasteiger partial charge in [0, 0.05) is 42.0 Å². The van der Waals surface area contributed by atoms with Crippen molar-refractivity contribution in [3.63, 3.8) is 0 Å². The van der Waals surface area contributed by atoms with Crippen molar-refractivity contribution in [2.24, 2.45) is 0 Å². The van der Waals surface area contributed by atoms with Crippen molar-refractivity contribution < 1.29 is 9.18 Å². The minimum absolute atomic E-state index is 0.152. The molecule has 4 aromatic rings. The van der Waals surface area contributed by atoms with Crippen LogP contribution < -0.4 is 0 Å². The van der Waals surface area contributed by atoms with Gasteiger partial charge in [-0.2, -0.15) is 5.10 Å². The van der Waals surface area contributed by atoms with Crippen molar-refractivity contribution in [2.75, 3.05) is 0 Å². The van der Waals surface area contributed by atoms with E-state index in [-0.39, 0.29) is 18.3 Å². The zero-order valence-corrected chi connectivity index (χ0v) is 16.8. The molecule has 1 aliphatic rings. The van der Waals surface area contributed by atoms with Crippen molar-refractivity contribution in [1.82, 2.24) is 17.9 Å². The predicted octanol–water partition coefficient (Wildman–Crippen LogP) is 4.59. The molecule has 7 heteroatoms. The van der Waals surface area contributed by atoms with Crippen LogP contribution in [0.5, 0.6) is 0 Å². The maximum Gasteiger partial charge on any atom is 0.273 e. The highest BCUT2D eigenvalue weighted by atomic mass is 127. The number of hydrogen-bond acceptors (Lipinski definition) is 3. The molecule has 0 unspecified atom stereocenters. The second kappa shape index (κ2) is 6.66. The van der Waals surface area contributed by atoms with Gasteiger partial charge in [-0.1, -0.05) is 24.3 Å². The first-order valence-electron chi connectivity index (χ1n) is 8.76. The van der Waals surface area contributed by atoms with Crippen molar-refractivity contribution in [2.45, 2.75) is 13.1 Å². The van der Waals surface area contributed by atoms with Crippen molar-refractivity contribution in [3.05, 3.63) is 83.6 Å². The van der Waals surface area contributed by atoms with E-state index in [0.717, 1.165) is 27.6 Å². The third kappa shape index (κ3) is 2.95. The predicted molar refractivity (Wildman–Crippen MR) is 112 cm³/mol. The molecule has 0 fully saturated rings. The molecule has 2 aromatic heterocycles. The molecule has 0 saturated heterocycles. The third-order valence-corrected chi connectivity index (χ3v) is 5.46. The summed E-state index contributed by atoms with van der Waals surface area (Å²) in [6, 6.07) is 14.7. The van der Waals surface area contributed by atoms with Crippen LogP contribution in [-0.4, -0.2) is 23.8 Å². The zero-order valence-electron chi connectivity index (χ0n) is 14.6. The van der Waals surface area contributed by atoms with Gasteiger partial charge in [0.1, 0.15) is 11.5 Å². The van der Waals surface area contributed by atoms with Gasteiger partial charge in [0.05, 0.1) is 28.4 Å². The lowest BCUT2D eigenvalue weighted by molar-refractivity contribution is 0.0761. The van der Waals surface area contributed by atoms with E-state index < -0.39 is 0 Å². The van der Waals surface area contributed by atoms with Gasteiger partial charge in [-0.05, 0) is 35.4 Å². The average Bonchev–Trinajstić information content (AvgIpc) is 3.22. The van der Waals surface area contributed by atoms with Crippen LogP contribution in [0.1, 0.15) is 21.6 Å². The first-order valence-corrected chi connectivity index (χ1v) is 9.72. The minimum atomic E-state index is -0.320. The monoisotopic (exact) mass is 484 g/mol. The van der Waals surface area contributed by atoms with Crippen LogP contribution in [0.3, 0.4) is 0 Å². The van der Waals surface area contributed by atoms with Crippen molar-refractivity contribution in [1.29, 1.82) is 0 Å². The fourth-order valence-corrected chi connectivity index (χ4v) is 4.08. The smallest absolute Gasteiger partial charge is 0.273 e. The van der Waals surface area contributed by atoms with Gasteiger partial charge in [-0.15, -0.1) is 0 Å². The molecule has 5 nitrogen and oxygen atoms in total. The van der Waals surface area contributed by atoms with Crippen LogP contribution in [-0.2, 0) is 13.1 Å². The molecule has 0 aliphatic carbocycles. The van der Waals surface area contributed by atoms with Gasteiger partial charge in [0.25, 0.3) is 5.91 Å². The van der Waals surface area contributed by atoms with Crippen molar-refractivity contribution >= 4 is 39.7 Å². The summed E-state index contributed by atoms with van der Waals surface area (Å²) in [5.41, 5.74) is 4.46. The van der Waals surface area contributed by atoms with E-state index in [1.807, 2.05) is 42.6 Å². The Morgan fingerprint density at radius 3 is 2.75 bits per heavy atom. The van der Waals surface area contributed by atoms with E-state index in [2.05, 4.69) is 32.9 Å². The summed E-state index contributed by atoms with van der Waals surface area (Å²) in [5.74, 6) is -0.473. The van der Waals surface area contributed by atoms with Gasteiger partial charge in [-0.25, -0.2) is 7.29 Å². The lowest BCUT2D eigenvalue weighted by atomic mass is 10.0. The number of aromatic nitrogens is 3. The van der Waals surface area contributed by atoms with Crippen LogP contribution in [0.4, 0.5) is 4.39 Å². The van der Waals surface area contributed by atoms with Crippen LogP contribution in [0.2, 0.25) is 0 Å². The summed E-state index contributed by atoms with van der Waals surface area (Å²) in [7, 11) is 0. The van der Waals surface area contributed by atoms with Gasteiger partial charge >= 0.3 is 0 Å². The number of halogens is 2. The average molecular weight is 484 g/mol. The fraction of sp³-hybridized carbons (Fsp3) is 0.0952. The summed E-state index contributed by atoms with van der Waals surface area (Å²) < 4.78 is 16.5. The van der Waals surface area contributed by atoms with E-state index in [1.54, 1.807) is 20.1 Å². The number of amides is 1. The van der Waals surface area contributed by atoms with Crippen molar-refractivity contribution in [3.8, 4) is 11.1 Å². The number of carbonyl (C=O) groups excluding carboxylic acids is 1. The molecular weight excluding hydrogens is 470 g/mol. The number of rotatable bonds is 3. The summed E-state index contributed by atoms with van der Waals surface area (Å²) >= 11 is 2.10. The maximum absolute atomic E-state index is 14.8. The van der Waals surface area contributed by atoms with E-state index in [0.29, 0.717) is 17.8 Å². The molecule has 5 rings (SSSR count). The van der Waals surface area contributed by atoms with Crippen LogP contribution in [0, 0.1) is 5.82 Å². The summed E-state index contributed by atoms with van der Waals surface area (Å²) in [6.45, 7) is 0.683. The standard InChI is InChI=1S/C21H14FIN4O/c22-18-9-14(13-5-6-19-17(8-13)12-27(23)25-19)3-4-15(18)10-26-11-16-2-1-7-24-20(16)21(26)28/h1-9,12H,10-11H2. The highest BCUT2D eigenvalue weighted by Gasteiger charge is 2.28. The number of carbonyl (C=O) groups is 1. The molecule has 1 aliphatic heterocycles. The van der Waals surface area contributed by atoms with Gasteiger partial charge in [0.15, 0.2) is 0 Å². The molecule has 3 heterocycles. The normalized spacial score (nSPS) is 13.4. The number of benzene rings is 2. The van der Waals surface area contributed by atoms with E-state index in [4.69, 9.17) is 0 Å². The molecule has 1 amide bonds. The van der Waals surface area contributed by atoms with Gasteiger partial charge in [-0.3, -0.25) is 9.78 Å². The molecule has 2 aromatic carbocycles. The molecule has 0 atom stereocenters. The molecule has 0 spiro atoms. The fourth-order valence-electron chi connectivity index (χ4n) is 3.55. The second-order valence-corrected chi connectivity index (χ2v) is 7.76. The molecule has 0 N–H and O–H groups in total. The number of hydrogen-bond donors (Lipinski definition) is 0. The first-order chi connectivity index (χ1) is 13.6. The quantitative estimate of drug-likeness (QED) is 0.400. The largest absolute Gasteiger partial charge is 0.328 e. The SMILES string of the molecule is O=C1c2ncccc2CN1Cc1ccc(-c2ccc3nn(I)cc3c2)cc1F. The molecule has 28 heavy (non-hydrogen) atoms. The highest BCUT2D eigenvalue weighted by Crippen LogP contribution is 2.28. The van der Waals surface area contributed by atoms with Gasteiger partial charge < -0.3 is 4.90 Å². The van der Waals surface area contributed by atoms with Crippen LogP contribution in [0.15, 0.2) is 60.9 Å². The topological polar surface area (TPSA) is 51.0 Å². The Bertz CT molecular complexity index is 1240. The lowest BCUT2D eigenvalue weighted by Crippen LogP contribution is -2.24. The first kappa shape index (κ1) is 17.3. The Hall–Kier alpha value is -2.81. The third-order valence-electron chi connectivity index (χ3n) is 4.97. The summed E-state index contributed by atoms with van der Waals surface area (Å²) in [4.78, 5) is 18.2. The lowest BCUT2D eigenvalue weighted by Gasteiger charge is -2.16. The molecule has 0 radical (unpaired) electrons. The maximum atomic E-state index is 14.8. The Labute approximate surface area is 174 Å². The Morgan fingerprint density at radius 1 is 1.11 bits per heavy atom. The van der Waals surface area contributed by atoms with E-state index in [9.17, 15) is 9.18 Å². The summed E-state index contributed by atoms with van der Waals surface area (Å²) in [5, 5.41) is 5.35. The molecule has 138 valence electrons.